The molecule has 0 aliphatic carbocycles. The standard InChI is InChI=1S/C11H17NS.C2F6NO4S2/c1-2-3-4-5-8-12-9-6-11(13)7-10-12;3-1(4,5)14(10,11)9-15(12,13)2(6,7)8/h6-7,9-10H,2-5,8H2,1H3;/q;-1/p+1. The van der Waals surface area contributed by atoms with E-state index in [1.54, 1.807) is 0 Å². The zero-order valence-corrected chi connectivity index (χ0v) is 16.9. The topological polar surface area (TPSA) is 86.3 Å². The molecule has 1 heterocycles. The minimum atomic E-state index is -6.72. The summed E-state index contributed by atoms with van der Waals surface area (Å²) in [4.78, 5) is 1.03. The Hall–Kier alpha value is -1.06. The van der Waals surface area contributed by atoms with E-state index in [0.717, 1.165) is 15.6 Å². The quantitative estimate of drug-likeness (QED) is 0.280. The van der Waals surface area contributed by atoms with Gasteiger partial charge in [-0.2, -0.15) is 26.3 Å². The molecule has 0 saturated carbocycles. The number of sulfonamides is 2. The molecule has 0 aromatic carbocycles. The van der Waals surface area contributed by atoms with E-state index in [0.29, 0.717) is 0 Å². The third kappa shape index (κ3) is 9.43. The molecule has 1 aromatic heterocycles. The number of nitrogens with zero attached hydrogens (tertiary/aromatic N) is 2. The highest BCUT2D eigenvalue weighted by Crippen LogP contribution is 2.36. The number of rotatable bonds is 7. The maximum atomic E-state index is 11.4. The van der Waals surface area contributed by atoms with Gasteiger partial charge in [0.1, 0.15) is 6.54 Å². The van der Waals surface area contributed by atoms with Gasteiger partial charge in [0, 0.05) is 23.4 Å². The highest BCUT2D eigenvalue weighted by Gasteiger charge is 2.46. The van der Waals surface area contributed by atoms with Crippen LogP contribution in [-0.2, 0) is 26.6 Å². The maximum Gasteiger partial charge on any atom is 0.480 e. The monoisotopic (exact) mass is 476 g/mol. The average Bonchev–Trinajstić information content (AvgIpc) is 2.51. The van der Waals surface area contributed by atoms with Gasteiger partial charge >= 0.3 is 11.0 Å². The van der Waals surface area contributed by atoms with Crippen molar-refractivity contribution in [3.63, 3.8) is 0 Å². The van der Waals surface area contributed by atoms with Crippen LogP contribution in [0.25, 0.3) is 4.13 Å². The van der Waals surface area contributed by atoms with E-state index in [2.05, 4.69) is 36.5 Å². The molecule has 0 spiro atoms. The number of thiol groups is 1. The minimum absolute atomic E-state index is 0.778. The third-order valence-electron chi connectivity index (χ3n) is 2.92. The van der Waals surface area contributed by atoms with Crippen LogP contribution in [0.5, 0.6) is 0 Å². The Labute approximate surface area is 164 Å². The molecule has 0 amide bonds. The van der Waals surface area contributed by atoms with E-state index in [1.807, 2.05) is 12.1 Å². The number of alkyl halides is 6. The van der Waals surface area contributed by atoms with Crippen molar-refractivity contribution in [1.82, 2.24) is 0 Å². The van der Waals surface area contributed by atoms with Gasteiger partial charge in [0.25, 0.3) is 0 Å². The van der Waals surface area contributed by atoms with Crippen LogP contribution in [0.4, 0.5) is 26.3 Å². The van der Waals surface area contributed by atoms with Crippen molar-refractivity contribution in [3.05, 3.63) is 28.7 Å². The summed E-state index contributed by atoms with van der Waals surface area (Å²) < 4.78 is 111. The molecule has 1 rings (SSSR count). The molecule has 0 unspecified atom stereocenters. The summed E-state index contributed by atoms with van der Waals surface area (Å²) in [5.74, 6) is 0. The second-order valence-corrected chi connectivity index (χ2v) is 9.21. The van der Waals surface area contributed by atoms with E-state index >= 15 is 0 Å². The Balaban J connectivity index is 0.000000525. The number of aromatic nitrogens is 1. The van der Waals surface area contributed by atoms with E-state index in [1.165, 1.54) is 25.7 Å². The lowest BCUT2D eigenvalue weighted by molar-refractivity contribution is -0.697. The van der Waals surface area contributed by atoms with Crippen molar-refractivity contribution in [2.24, 2.45) is 0 Å². The van der Waals surface area contributed by atoms with Crippen LogP contribution < -0.4 is 4.57 Å². The SMILES string of the molecule is CCCCCC[n+]1ccc(S)cc1.O=S(=O)([N-]S(=O)(=O)C(F)(F)F)C(F)(F)F. The first kappa shape index (κ1) is 26.9. The molecule has 0 saturated heterocycles. The van der Waals surface area contributed by atoms with Crippen LogP contribution in [0.2, 0.25) is 0 Å². The number of pyridine rings is 1. The normalized spacial score (nSPS) is 13.0. The summed E-state index contributed by atoms with van der Waals surface area (Å²) in [5.41, 5.74) is -12.4. The van der Waals surface area contributed by atoms with Crippen LogP contribution in [0, 0.1) is 0 Å². The van der Waals surface area contributed by atoms with E-state index < -0.39 is 31.1 Å². The molecule has 0 bridgehead atoms. The molecular weight excluding hydrogens is 458 g/mol. The molecule has 1 aromatic rings. The zero-order chi connectivity index (χ0) is 22.2. The van der Waals surface area contributed by atoms with Gasteiger partial charge in [-0.25, -0.2) is 21.4 Å². The summed E-state index contributed by atoms with van der Waals surface area (Å²) in [6, 6.07) is 4.06. The Kier molecular flexibility index (Phi) is 10.2. The highest BCUT2D eigenvalue weighted by molar-refractivity contribution is 8.13. The molecule has 15 heteroatoms. The van der Waals surface area contributed by atoms with Gasteiger partial charge in [-0.1, -0.05) is 19.8 Å². The smallest absolute Gasteiger partial charge is 0.421 e. The maximum absolute atomic E-state index is 11.4. The Morgan fingerprint density at radius 2 is 1.32 bits per heavy atom. The predicted molar refractivity (Wildman–Crippen MR) is 91.3 cm³/mol. The summed E-state index contributed by atoms with van der Waals surface area (Å²) in [5, 5.41) is 0. The van der Waals surface area contributed by atoms with Gasteiger partial charge in [0.2, 0.25) is 0 Å². The average molecular weight is 476 g/mol. The highest BCUT2D eigenvalue weighted by atomic mass is 32.3. The second-order valence-electron chi connectivity index (χ2n) is 5.27. The molecule has 28 heavy (non-hydrogen) atoms. The van der Waals surface area contributed by atoms with E-state index in [-0.39, 0.29) is 0 Å². The van der Waals surface area contributed by atoms with Crippen LogP contribution in [0.3, 0.4) is 0 Å². The van der Waals surface area contributed by atoms with Crippen molar-refractivity contribution in [2.75, 3.05) is 0 Å². The minimum Gasteiger partial charge on any atom is -0.421 e. The number of hydrogen-bond acceptors (Lipinski definition) is 5. The fraction of sp³-hybridized carbons (Fsp3) is 0.615. The fourth-order valence-electron chi connectivity index (χ4n) is 1.53. The summed E-state index contributed by atoms with van der Waals surface area (Å²) >= 11 is 4.24. The lowest BCUT2D eigenvalue weighted by Gasteiger charge is -2.22. The van der Waals surface area contributed by atoms with Crippen LogP contribution in [0.15, 0.2) is 29.4 Å². The summed E-state index contributed by atoms with van der Waals surface area (Å²) in [6.45, 7) is 3.37. The van der Waals surface area contributed by atoms with Gasteiger partial charge in [-0.05, 0) is 6.42 Å². The van der Waals surface area contributed by atoms with Crippen molar-refractivity contribution in [2.45, 2.75) is 55.1 Å². The molecule has 0 aliphatic heterocycles. The largest absolute Gasteiger partial charge is 0.480 e. The Morgan fingerprint density at radius 3 is 1.68 bits per heavy atom. The van der Waals surface area contributed by atoms with Gasteiger partial charge in [0.05, 0.1) is 0 Å². The molecule has 0 atom stereocenters. The van der Waals surface area contributed by atoms with Crippen LogP contribution >= 0.6 is 12.6 Å². The van der Waals surface area contributed by atoms with E-state index in [4.69, 9.17) is 0 Å². The van der Waals surface area contributed by atoms with Crippen molar-refractivity contribution < 1.29 is 47.7 Å². The van der Waals surface area contributed by atoms with Crippen molar-refractivity contribution >= 4 is 32.7 Å². The van der Waals surface area contributed by atoms with Crippen LogP contribution in [0.1, 0.15) is 32.6 Å². The van der Waals surface area contributed by atoms with Gasteiger partial charge in [0.15, 0.2) is 32.4 Å². The lowest BCUT2D eigenvalue weighted by Crippen LogP contribution is -2.32. The van der Waals surface area contributed by atoms with Gasteiger partial charge < -0.3 is 4.13 Å². The Bertz CT molecular complexity index is 764. The molecule has 0 N–H and O–H groups in total. The number of hydrogen-bond donors (Lipinski definition) is 1. The number of halogens is 6. The fourth-order valence-corrected chi connectivity index (χ4v) is 3.38. The summed E-state index contributed by atoms with van der Waals surface area (Å²) in [7, 11) is -13.4. The zero-order valence-electron chi connectivity index (χ0n) is 14.4. The summed E-state index contributed by atoms with van der Waals surface area (Å²) in [6.07, 6.45) is 9.46. The van der Waals surface area contributed by atoms with Crippen molar-refractivity contribution in [1.29, 1.82) is 0 Å². The molecule has 164 valence electrons. The predicted octanol–water partition coefficient (Wildman–Crippen LogP) is 3.90. The first-order valence-corrected chi connectivity index (χ1v) is 10.9. The first-order valence-electron chi connectivity index (χ1n) is 7.58. The molecular formula is C13H18F6N2O4S3. The van der Waals surface area contributed by atoms with Crippen LogP contribution in [-0.4, -0.2) is 27.9 Å². The Morgan fingerprint density at radius 1 is 0.893 bits per heavy atom. The molecule has 0 radical (unpaired) electrons. The van der Waals surface area contributed by atoms with E-state index in [9.17, 15) is 43.2 Å². The lowest BCUT2D eigenvalue weighted by atomic mass is 10.2. The number of unbranched alkanes of at least 4 members (excludes halogenated alkanes) is 3. The third-order valence-corrected chi connectivity index (χ3v) is 5.96. The van der Waals surface area contributed by atoms with Gasteiger partial charge in [-0.15, -0.1) is 12.6 Å². The molecule has 0 fully saturated rings. The molecule has 0 aliphatic rings. The second kappa shape index (κ2) is 10.6. The van der Waals surface area contributed by atoms with Gasteiger partial charge in [-0.3, -0.25) is 0 Å². The van der Waals surface area contributed by atoms with Crippen molar-refractivity contribution in [3.8, 4) is 0 Å². The number of aryl methyl sites for hydroxylation is 1. The molecule has 6 nitrogen and oxygen atoms in total. The first-order chi connectivity index (χ1) is 12.5.